The van der Waals surface area contributed by atoms with Gasteiger partial charge in [0.25, 0.3) is 0 Å². The Hall–Kier alpha value is -2.34. The molecule has 2 amide bonds. The molecule has 0 saturated carbocycles. The van der Waals surface area contributed by atoms with E-state index in [1.807, 2.05) is 31.2 Å². The summed E-state index contributed by atoms with van der Waals surface area (Å²) in [4.78, 5) is 11.8. The number of hydrogen-bond acceptors (Lipinski definition) is 3. The second-order valence-corrected chi connectivity index (χ2v) is 4.27. The van der Waals surface area contributed by atoms with Gasteiger partial charge in [0.2, 0.25) is 0 Å². The van der Waals surface area contributed by atoms with Gasteiger partial charge in [-0.3, -0.25) is 10.00 Å². The molecule has 19 heavy (non-hydrogen) atoms. The largest absolute Gasteiger partial charge is 0.326 e. The maximum absolute atomic E-state index is 11.8. The Labute approximate surface area is 111 Å². The van der Waals surface area contributed by atoms with Crippen LogP contribution in [0.25, 0.3) is 0 Å². The van der Waals surface area contributed by atoms with Crippen molar-refractivity contribution < 1.29 is 4.79 Å². The SMILES string of the molecule is Cc1cc(NC(=O)Nc2ccc(CN)cc2)n(C)n1. The van der Waals surface area contributed by atoms with Crippen molar-refractivity contribution in [3.05, 3.63) is 41.6 Å². The Kier molecular flexibility index (Phi) is 3.82. The van der Waals surface area contributed by atoms with Crippen molar-refractivity contribution in [2.75, 3.05) is 10.6 Å². The highest BCUT2D eigenvalue weighted by atomic mass is 16.2. The molecule has 0 aliphatic heterocycles. The molecule has 4 N–H and O–H groups in total. The lowest BCUT2D eigenvalue weighted by molar-refractivity contribution is 0.262. The van der Waals surface area contributed by atoms with E-state index in [4.69, 9.17) is 5.73 Å². The third-order valence-electron chi connectivity index (χ3n) is 2.69. The zero-order chi connectivity index (χ0) is 13.8. The smallest absolute Gasteiger partial charge is 0.324 e. The monoisotopic (exact) mass is 259 g/mol. The highest BCUT2D eigenvalue weighted by Crippen LogP contribution is 2.11. The first kappa shape index (κ1) is 13.1. The number of rotatable bonds is 3. The van der Waals surface area contributed by atoms with E-state index in [1.54, 1.807) is 17.8 Å². The molecular weight excluding hydrogens is 242 g/mol. The summed E-state index contributed by atoms with van der Waals surface area (Å²) in [5.41, 5.74) is 8.10. The standard InChI is InChI=1S/C13H17N5O/c1-9-7-12(18(2)17-9)16-13(19)15-11-5-3-10(8-14)4-6-11/h3-7H,8,14H2,1-2H3,(H2,15,16,19). The summed E-state index contributed by atoms with van der Waals surface area (Å²) in [6.07, 6.45) is 0. The Morgan fingerprint density at radius 1 is 1.32 bits per heavy atom. The zero-order valence-corrected chi connectivity index (χ0v) is 11.0. The summed E-state index contributed by atoms with van der Waals surface area (Å²) >= 11 is 0. The number of aryl methyl sites for hydroxylation is 2. The minimum atomic E-state index is -0.302. The molecule has 0 aliphatic rings. The number of carbonyl (C=O) groups excluding carboxylic acids is 1. The van der Waals surface area contributed by atoms with Crippen LogP contribution in [0.3, 0.4) is 0 Å². The molecule has 1 aromatic heterocycles. The Morgan fingerprint density at radius 3 is 2.53 bits per heavy atom. The van der Waals surface area contributed by atoms with E-state index in [0.717, 1.165) is 11.3 Å². The Bertz CT molecular complexity index is 573. The van der Waals surface area contributed by atoms with Gasteiger partial charge in [-0.2, -0.15) is 5.10 Å². The van der Waals surface area contributed by atoms with Crippen LogP contribution in [0.1, 0.15) is 11.3 Å². The molecule has 1 aromatic carbocycles. The number of aromatic nitrogens is 2. The van der Waals surface area contributed by atoms with E-state index in [2.05, 4.69) is 15.7 Å². The van der Waals surface area contributed by atoms with Crippen LogP contribution < -0.4 is 16.4 Å². The summed E-state index contributed by atoms with van der Waals surface area (Å²) in [5, 5.41) is 9.63. The number of urea groups is 1. The van der Waals surface area contributed by atoms with Gasteiger partial charge in [0.1, 0.15) is 5.82 Å². The van der Waals surface area contributed by atoms with Crippen molar-refractivity contribution in [1.82, 2.24) is 9.78 Å². The predicted molar refractivity (Wildman–Crippen MR) is 74.9 cm³/mol. The maximum atomic E-state index is 11.8. The van der Waals surface area contributed by atoms with Crippen LogP contribution in [0.5, 0.6) is 0 Å². The van der Waals surface area contributed by atoms with Crippen LogP contribution in [-0.2, 0) is 13.6 Å². The fourth-order valence-electron chi connectivity index (χ4n) is 1.73. The quantitative estimate of drug-likeness (QED) is 0.786. The second-order valence-electron chi connectivity index (χ2n) is 4.27. The minimum absolute atomic E-state index is 0.302. The third-order valence-corrected chi connectivity index (χ3v) is 2.69. The normalized spacial score (nSPS) is 10.3. The molecule has 100 valence electrons. The average Bonchev–Trinajstić information content (AvgIpc) is 2.68. The molecule has 0 saturated heterocycles. The van der Waals surface area contributed by atoms with Crippen molar-refractivity contribution in [3.8, 4) is 0 Å². The molecule has 0 radical (unpaired) electrons. The van der Waals surface area contributed by atoms with Gasteiger partial charge in [0.15, 0.2) is 0 Å². The molecule has 6 nitrogen and oxygen atoms in total. The molecule has 0 unspecified atom stereocenters. The van der Waals surface area contributed by atoms with E-state index in [-0.39, 0.29) is 6.03 Å². The molecule has 2 aromatic rings. The molecular formula is C13H17N5O. The zero-order valence-electron chi connectivity index (χ0n) is 11.0. The third kappa shape index (κ3) is 3.32. The maximum Gasteiger partial charge on any atom is 0.324 e. The van der Waals surface area contributed by atoms with E-state index in [0.29, 0.717) is 18.1 Å². The van der Waals surface area contributed by atoms with Crippen LogP contribution in [0.4, 0.5) is 16.3 Å². The molecule has 6 heteroatoms. The van der Waals surface area contributed by atoms with Gasteiger partial charge in [0, 0.05) is 25.3 Å². The van der Waals surface area contributed by atoms with Crippen molar-refractivity contribution >= 4 is 17.5 Å². The van der Waals surface area contributed by atoms with Crippen LogP contribution >= 0.6 is 0 Å². The van der Waals surface area contributed by atoms with Gasteiger partial charge in [-0.05, 0) is 24.6 Å². The lowest BCUT2D eigenvalue weighted by atomic mass is 10.2. The van der Waals surface area contributed by atoms with Gasteiger partial charge in [0.05, 0.1) is 5.69 Å². The fraction of sp³-hybridized carbons (Fsp3) is 0.231. The van der Waals surface area contributed by atoms with E-state index in [1.165, 1.54) is 0 Å². The van der Waals surface area contributed by atoms with E-state index >= 15 is 0 Å². The molecule has 2 rings (SSSR count). The molecule has 1 heterocycles. The van der Waals surface area contributed by atoms with Crippen LogP contribution in [0.2, 0.25) is 0 Å². The van der Waals surface area contributed by atoms with Crippen molar-refractivity contribution in [3.63, 3.8) is 0 Å². The number of amides is 2. The van der Waals surface area contributed by atoms with Gasteiger partial charge >= 0.3 is 6.03 Å². The molecule has 0 atom stereocenters. The number of benzene rings is 1. The van der Waals surface area contributed by atoms with E-state index in [9.17, 15) is 4.79 Å². The topological polar surface area (TPSA) is 85.0 Å². The van der Waals surface area contributed by atoms with Crippen molar-refractivity contribution in [1.29, 1.82) is 0 Å². The highest BCUT2D eigenvalue weighted by molar-refractivity contribution is 5.99. The summed E-state index contributed by atoms with van der Waals surface area (Å²) in [7, 11) is 1.78. The summed E-state index contributed by atoms with van der Waals surface area (Å²) in [6, 6.07) is 8.89. The molecule has 0 aliphatic carbocycles. The Balaban J connectivity index is 1.99. The van der Waals surface area contributed by atoms with E-state index < -0.39 is 0 Å². The van der Waals surface area contributed by atoms with Crippen molar-refractivity contribution in [2.45, 2.75) is 13.5 Å². The van der Waals surface area contributed by atoms with Crippen molar-refractivity contribution in [2.24, 2.45) is 12.8 Å². The lowest BCUT2D eigenvalue weighted by Crippen LogP contribution is -2.21. The summed E-state index contributed by atoms with van der Waals surface area (Å²) in [5.74, 6) is 0.647. The number of nitrogens with one attached hydrogen (secondary N) is 2. The number of nitrogens with zero attached hydrogens (tertiary/aromatic N) is 2. The van der Waals surface area contributed by atoms with Gasteiger partial charge < -0.3 is 11.1 Å². The molecule has 0 bridgehead atoms. The van der Waals surface area contributed by atoms with Gasteiger partial charge in [-0.1, -0.05) is 12.1 Å². The highest BCUT2D eigenvalue weighted by Gasteiger charge is 2.06. The minimum Gasteiger partial charge on any atom is -0.326 e. The first-order valence-electron chi connectivity index (χ1n) is 5.96. The van der Waals surface area contributed by atoms with Crippen LogP contribution in [-0.4, -0.2) is 15.8 Å². The first-order chi connectivity index (χ1) is 9.08. The lowest BCUT2D eigenvalue weighted by Gasteiger charge is -2.08. The molecule has 0 fully saturated rings. The number of carbonyl (C=O) groups is 1. The van der Waals surface area contributed by atoms with Gasteiger partial charge in [-0.15, -0.1) is 0 Å². The number of anilines is 2. The number of nitrogens with two attached hydrogens (primary N) is 1. The predicted octanol–water partition coefficient (Wildman–Crippen LogP) is 1.83. The van der Waals surface area contributed by atoms with Gasteiger partial charge in [-0.25, -0.2) is 4.79 Å². The molecule has 0 spiro atoms. The Morgan fingerprint density at radius 2 is 2.00 bits per heavy atom. The summed E-state index contributed by atoms with van der Waals surface area (Å²) < 4.78 is 1.62. The first-order valence-corrected chi connectivity index (χ1v) is 5.96. The van der Waals surface area contributed by atoms with Crippen LogP contribution in [0, 0.1) is 6.92 Å². The second kappa shape index (κ2) is 5.53. The summed E-state index contributed by atoms with van der Waals surface area (Å²) in [6.45, 7) is 2.36. The van der Waals surface area contributed by atoms with Crippen LogP contribution in [0.15, 0.2) is 30.3 Å². The fourth-order valence-corrected chi connectivity index (χ4v) is 1.73. The average molecular weight is 259 g/mol. The number of hydrogen-bond donors (Lipinski definition) is 3.